The fourth-order valence-corrected chi connectivity index (χ4v) is 7.20. The molecule has 248 valence electrons. The van der Waals surface area contributed by atoms with E-state index in [1.165, 1.54) is 0 Å². The Labute approximate surface area is 305 Å². The maximum absolute atomic E-state index is 6.45. The fraction of sp³-hybridized carbons (Fsp3) is 0. The summed E-state index contributed by atoms with van der Waals surface area (Å²) in [4.78, 5) is 19.4. The van der Waals surface area contributed by atoms with Crippen LogP contribution in [0.15, 0.2) is 187 Å². The van der Waals surface area contributed by atoms with Crippen molar-refractivity contribution in [1.82, 2.24) is 19.9 Å². The Morgan fingerprint density at radius 2 is 0.925 bits per heavy atom. The number of furan rings is 1. The fourth-order valence-electron chi connectivity index (χ4n) is 7.20. The second-order valence-electron chi connectivity index (χ2n) is 13.1. The molecule has 0 aliphatic carbocycles. The minimum atomic E-state index is 0.803. The third kappa shape index (κ3) is 5.61. The predicted molar refractivity (Wildman–Crippen MR) is 215 cm³/mol. The monoisotopic (exact) mass is 678 g/mol. The summed E-state index contributed by atoms with van der Waals surface area (Å²) in [6, 6.07) is 58.5. The van der Waals surface area contributed by atoms with Crippen LogP contribution in [0.2, 0.25) is 0 Å². The molecule has 0 aliphatic heterocycles. The van der Waals surface area contributed by atoms with Gasteiger partial charge in [0, 0.05) is 34.1 Å². The van der Waals surface area contributed by atoms with Gasteiger partial charge < -0.3 is 4.42 Å². The molecule has 53 heavy (non-hydrogen) atoms. The van der Waals surface area contributed by atoms with Crippen LogP contribution in [0.4, 0.5) is 0 Å². The van der Waals surface area contributed by atoms with Crippen molar-refractivity contribution in [3.8, 4) is 67.4 Å². The van der Waals surface area contributed by atoms with Gasteiger partial charge in [-0.2, -0.15) is 0 Å². The minimum Gasteiger partial charge on any atom is -0.454 e. The number of rotatable bonds is 6. The summed E-state index contributed by atoms with van der Waals surface area (Å²) in [5.74, 6) is 0. The molecule has 0 amide bonds. The third-order valence-electron chi connectivity index (χ3n) is 9.76. The Balaban J connectivity index is 1.07. The lowest BCUT2D eigenvalue weighted by molar-refractivity contribution is 0.669. The zero-order valence-electron chi connectivity index (χ0n) is 28.5. The van der Waals surface area contributed by atoms with Gasteiger partial charge in [-0.05, 0) is 94.0 Å². The van der Waals surface area contributed by atoms with Crippen LogP contribution in [0, 0.1) is 0 Å². The summed E-state index contributed by atoms with van der Waals surface area (Å²) >= 11 is 0. The van der Waals surface area contributed by atoms with Crippen molar-refractivity contribution in [3.63, 3.8) is 0 Å². The lowest BCUT2D eigenvalue weighted by atomic mass is 9.95. The number of hydrogen-bond acceptors (Lipinski definition) is 5. The first-order valence-corrected chi connectivity index (χ1v) is 17.6. The normalized spacial score (nSPS) is 11.4. The molecule has 5 heterocycles. The Kier molecular flexibility index (Phi) is 7.40. The van der Waals surface area contributed by atoms with E-state index in [0.717, 1.165) is 100 Å². The van der Waals surface area contributed by atoms with E-state index in [-0.39, 0.29) is 0 Å². The van der Waals surface area contributed by atoms with Crippen molar-refractivity contribution in [3.05, 3.63) is 182 Å². The van der Waals surface area contributed by atoms with E-state index < -0.39 is 0 Å². The van der Waals surface area contributed by atoms with Gasteiger partial charge in [-0.3, -0.25) is 9.97 Å². The zero-order valence-corrected chi connectivity index (χ0v) is 28.5. The Hall–Kier alpha value is -7.24. The van der Waals surface area contributed by atoms with Crippen LogP contribution in [0.5, 0.6) is 0 Å². The van der Waals surface area contributed by atoms with E-state index in [9.17, 15) is 0 Å². The average molecular weight is 679 g/mol. The van der Waals surface area contributed by atoms with Gasteiger partial charge in [-0.25, -0.2) is 9.97 Å². The highest BCUT2D eigenvalue weighted by Crippen LogP contribution is 2.40. The van der Waals surface area contributed by atoms with Gasteiger partial charge in [0.2, 0.25) is 0 Å². The van der Waals surface area contributed by atoms with Crippen molar-refractivity contribution in [2.45, 2.75) is 0 Å². The SMILES string of the molecule is c1ccc(-c2nc3cc(-c4cccc(-c5cccc(-c6cc(-c7ccccn7)nc(-c7ccccn7)c6)c5)c4)ccc3c3c2oc2ccccc23)cc1. The summed E-state index contributed by atoms with van der Waals surface area (Å²) in [6.07, 6.45) is 3.59. The van der Waals surface area contributed by atoms with Crippen molar-refractivity contribution < 1.29 is 4.42 Å². The molecule has 0 saturated heterocycles. The van der Waals surface area contributed by atoms with E-state index in [2.05, 4.69) is 113 Å². The number of aromatic nitrogens is 4. The Morgan fingerprint density at radius 3 is 1.57 bits per heavy atom. The number of hydrogen-bond donors (Lipinski definition) is 0. The lowest BCUT2D eigenvalue weighted by Gasteiger charge is -2.12. The summed E-state index contributed by atoms with van der Waals surface area (Å²) in [5, 5.41) is 3.26. The standard InChI is InChI=1S/C48H30N4O/c1-2-12-31(13-3-1)47-48-46(39-18-4-5-21-45(39)53-48)38-23-22-36(28-42(38)52-47)34-16-10-14-32(26-34)33-15-11-17-35(27-33)37-29-43(40-19-6-8-24-49-40)51-44(30-37)41-20-7-9-25-50-41/h1-30H. The average Bonchev–Trinajstić information content (AvgIpc) is 3.64. The number of fused-ring (bicyclic) bond motifs is 5. The molecule has 0 bridgehead atoms. The van der Waals surface area contributed by atoms with E-state index >= 15 is 0 Å². The molecule has 0 saturated carbocycles. The first-order valence-electron chi connectivity index (χ1n) is 17.6. The third-order valence-corrected chi connectivity index (χ3v) is 9.76. The summed E-state index contributed by atoms with van der Waals surface area (Å²) < 4.78 is 6.45. The molecule has 0 atom stereocenters. The molecule has 0 unspecified atom stereocenters. The van der Waals surface area contributed by atoms with Crippen molar-refractivity contribution in [1.29, 1.82) is 0 Å². The van der Waals surface area contributed by atoms with E-state index in [1.807, 2.05) is 66.7 Å². The zero-order chi connectivity index (χ0) is 35.1. The van der Waals surface area contributed by atoms with Crippen LogP contribution < -0.4 is 0 Å². The molecular weight excluding hydrogens is 649 g/mol. The number of benzene rings is 5. The minimum absolute atomic E-state index is 0.803. The molecule has 0 aliphatic rings. The predicted octanol–water partition coefficient (Wildman–Crippen LogP) is 12.3. The van der Waals surface area contributed by atoms with Crippen molar-refractivity contribution in [2.75, 3.05) is 0 Å². The maximum Gasteiger partial charge on any atom is 0.162 e. The second-order valence-corrected chi connectivity index (χ2v) is 13.1. The number of nitrogens with zero attached hydrogens (tertiary/aromatic N) is 4. The van der Waals surface area contributed by atoms with Crippen LogP contribution >= 0.6 is 0 Å². The maximum atomic E-state index is 6.45. The second kappa shape index (κ2) is 12.8. The van der Waals surface area contributed by atoms with Crippen LogP contribution in [0.3, 0.4) is 0 Å². The van der Waals surface area contributed by atoms with Gasteiger partial charge in [0.1, 0.15) is 11.3 Å². The van der Waals surface area contributed by atoms with E-state index in [0.29, 0.717) is 0 Å². The van der Waals surface area contributed by atoms with Gasteiger partial charge in [0.15, 0.2) is 5.58 Å². The molecule has 5 nitrogen and oxygen atoms in total. The van der Waals surface area contributed by atoms with E-state index in [4.69, 9.17) is 14.4 Å². The van der Waals surface area contributed by atoms with Crippen LogP contribution in [-0.2, 0) is 0 Å². The van der Waals surface area contributed by atoms with Gasteiger partial charge in [0.25, 0.3) is 0 Å². The molecule has 0 radical (unpaired) electrons. The highest BCUT2D eigenvalue weighted by atomic mass is 16.3. The van der Waals surface area contributed by atoms with Crippen LogP contribution in [0.1, 0.15) is 0 Å². The molecule has 5 aromatic carbocycles. The van der Waals surface area contributed by atoms with Gasteiger partial charge in [0.05, 0.1) is 28.3 Å². The largest absolute Gasteiger partial charge is 0.454 e. The molecule has 0 N–H and O–H groups in total. The summed E-state index contributed by atoms with van der Waals surface area (Å²) in [6.45, 7) is 0. The Bertz CT molecular complexity index is 2880. The highest BCUT2D eigenvalue weighted by molar-refractivity contribution is 6.21. The number of pyridine rings is 4. The first kappa shape index (κ1) is 30.6. The molecule has 10 aromatic rings. The molecule has 5 heteroatoms. The van der Waals surface area contributed by atoms with Crippen LogP contribution in [0.25, 0.3) is 100 Å². The van der Waals surface area contributed by atoms with Crippen LogP contribution in [-0.4, -0.2) is 19.9 Å². The quantitative estimate of drug-likeness (QED) is 0.175. The van der Waals surface area contributed by atoms with Gasteiger partial charge >= 0.3 is 0 Å². The molecule has 0 spiro atoms. The molecular formula is C48H30N4O. The topological polar surface area (TPSA) is 64.7 Å². The van der Waals surface area contributed by atoms with Crippen molar-refractivity contribution >= 4 is 32.8 Å². The smallest absolute Gasteiger partial charge is 0.162 e. The summed E-state index contributed by atoms with van der Waals surface area (Å²) in [7, 11) is 0. The molecule has 5 aromatic heterocycles. The summed E-state index contributed by atoms with van der Waals surface area (Å²) in [5.41, 5.74) is 14.3. The molecule has 10 rings (SSSR count). The lowest BCUT2D eigenvalue weighted by Crippen LogP contribution is -1.94. The highest BCUT2D eigenvalue weighted by Gasteiger charge is 2.18. The van der Waals surface area contributed by atoms with Crippen molar-refractivity contribution in [2.24, 2.45) is 0 Å². The van der Waals surface area contributed by atoms with Gasteiger partial charge in [-0.15, -0.1) is 0 Å². The molecule has 0 fully saturated rings. The number of para-hydroxylation sites is 1. The first-order chi connectivity index (χ1) is 26.2. The Morgan fingerprint density at radius 1 is 0.358 bits per heavy atom. The van der Waals surface area contributed by atoms with Gasteiger partial charge in [-0.1, -0.05) is 109 Å². The van der Waals surface area contributed by atoms with E-state index in [1.54, 1.807) is 12.4 Å².